The number of amides is 1. The maximum atomic E-state index is 13.1. The Morgan fingerprint density at radius 1 is 1.04 bits per heavy atom. The first-order valence-corrected chi connectivity index (χ1v) is 10.3. The van der Waals surface area contributed by atoms with E-state index in [2.05, 4.69) is 11.4 Å². The number of nitrogens with one attached hydrogen (secondary N) is 1. The van der Waals surface area contributed by atoms with E-state index >= 15 is 0 Å². The molecule has 4 nitrogen and oxygen atoms in total. The highest BCUT2D eigenvalue weighted by Gasteiger charge is 2.38. The zero-order valence-corrected chi connectivity index (χ0v) is 15.7. The topological polar surface area (TPSA) is 47.6 Å². The highest BCUT2D eigenvalue weighted by molar-refractivity contribution is 7.98. The van der Waals surface area contributed by atoms with Crippen LogP contribution >= 0.6 is 11.8 Å². The van der Waals surface area contributed by atoms with Crippen molar-refractivity contribution in [2.45, 2.75) is 36.1 Å². The summed E-state index contributed by atoms with van der Waals surface area (Å²) in [5, 5.41) is 3.36. The first-order chi connectivity index (χ1) is 12.7. The van der Waals surface area contributed by atoms with Gasteiger partial charge in [-0.2, -0.15) is 0 Å². The van der Waals surface area contributed by atoms with Crippen LogP contribution in [0.25, 0.3) is 0 Å². The van der Waals surface area contributed by atoms with E-state index in [1.165, 1.54) is 0 Å². The lowest BCUT2D eigenvalue weighted by Gasteiger charge is -2.32. The first kappa shape index (κ1) is 17.3. The van der Waals surface area contributed by atoms with E-state index in [-0.39, 0.29) is 11.4 Å². The number of thioether (sulfide) groups is 1. The van der Waals surface area contributed by atoms with E-state index in [1.807, 2.05) is 42.7 Å². The van der Waals surface area contributed by atoms with Crippen molar-refractivity contribution in [3.8, 4) is 11.5 Å². The Morgan fingerprint density at radius 2 is 1.77 bits per heavy atom. The molecule has 0 unspecified atom stereocenters. The summed E-state index contributed by atoms with van der Waals surface area (Å²) < 4.78 is 11.4. The van der Waals surface area contributed by atoms with Gasteiger partial charge in [-0.15, -0.1) is 11.8 Å². The Hall–Kier alpha value is -2.14. The fraction of sp³-hybridized carbons (Fsp3) is 0.381. The summed E-state index contributed by atoms with van der Waals surface area (Å²) in [5.74, 6) is 1.55. The van der Waals surface area contributed by atoms with E-state index < -0.39 is 0 Å². The quantitative estimate of drug-likeness (QED) is 0.813. The van der Waals surface area contributed by atoms with Gasteiger partial charge in [-0.3, -0.25) is 4.79 Å². The van der Waals surface area contributed by atoms with E-state index in [9.17, 15) is 4.79 Å². The SMILES string of the molecule is CSc1ccccc1C(=O)NC1(c2ccc3c(c2)OCCO3)CCCC1. The predicted molar refractivity (Wildman–Crippen MR) is 103 cm³/mol. The third-order valence-corrected chi connectivity index (χ3v) is 6.05. The van der Waals surface area contributed by atoms with Gasteiger partial charge in [-0.25, -0.2) is 0 Å². The number of hydrogen-bond donors (Lipinski definition) is 1. The Labute approximate surface area is 158 Å². The molecular formula is C21H23NO3S. The maximum absolute atomic E-state index is 13.1. The lowest BCUT2D eigenvalue weighted by atomic mass is 9.87. The van der Waals surface area contributed by atoms with Crippen molar-refractivity contribution in [2.75, 3.05) is 19.5 Å². The van der Waals surface area contributed by atoms with Crippen molar-refractivity contribution in [1.82, 2.24) is 5.32 Å². The summed E-state index contributed by atoms with van der Waals surface area (Å²) in [4.78, 5) is 14.1. The van der Waals surface area contributed by atoms with Gasteiger partial charge in [-0.05, 0) is 48.9 Å². The van der Waals surface area contributed by atoms with Gasteiger partial charge in [0.1, 0.15) is 13.2 Å². The summed E-state index contributed by atoms with van der Waals surface area (Å²) >= 11 is 1.60. The van der Waals surface area contributed by atoms with E-state index in [0.717, 1.165) is 53.2 Å². The van der Waals surface area contributed by atoms with Gasteiger partial charge in [-0.1, -0.05) is 31.0 Å². The normalized spacial score (nSPS) is 17.7. The summed E-state index contributed by atoms with van der Waals surface area (Å²) in [7, 11) is 0. The molecule has 1 aliphatic heterocycles. The molecule has 1 amide bonds. The Morgan fingerprint density at radius 3 is 2.54 bits per heavy atom. The maximum Gasteiger partial charge on any atom is 0.253 e. The summed E-state index contributed by atoms with van der Waals surface area (Å²) in [6, 6.07) is 13.8. The summed E-state index contributed by atoms with van der Waals surface area (Å²) in [6.45, 7) is 1.15. The smallest absolute Gasteiger partial charge is 0.253 e. The van der Waals surface area contributed by atoms with Crippen molar-refractivity contribution in [3.05, 3.63) is 53.6 Å². The summed E-state index contributed by atoms with van der Waals surface area (Å²) in [6.07, 6.45) is 6.11. The molecule has 1 aliphatic carbocycles. The minimum absolute atomic E-state index is 0.00765. The van der Waals surface area contributed by atoms with Crippen LogP contribution in [0.15, 0.2) is 47.4 Å². The van der Waals surface area contributed by atoms with Crippen molar-refractivity contribution < 1.29 is 14.3 Å². The van der Waals surface area contributed by atoms with Gasteiger partial charge < -0.3 is 14.8 Å². The van der Waals surface area contributed by atoms with Crippen LogP contribution < -0.4 is 14.8 Å². The molecule has 0 radical (unpaired) electrons. The van der Waals surface area contributed by atoms with Crippen LogP contribution in [0.4, 0.5) is 0 Å². The van der Waals surface area contributed by atoms with Crippen LogP contribution in [0.5, 0.6) is 11.5 Å². The number of carbonyl (C=O) groups excluding carboxylic acids is 1. The lowest BCUT2D eigenvalue weighted by Crippen LogP contribution is -2.44. The highest BCUT2D eigenvalue weighted by Crippen LogP contribution is 2.42. The third-order valence-electron chi connectivity index (χ3n) is 5.26. The Kier molecular flexibility index (Phi) is 4.81. The van der Waals surface area contributed by atoms with Gasteiger partial charge in [0, 0.05) is 4.90 Å². The first-order valence-electron chi connectivity index (χ1n) is 9.07. The van der Waals surface area contributed by atoms with Gasteiger partial charge in [0.25, 0.3) is 5.91 Å². The van der Waals surface area contributed by atoms with Crippen LogP contribution in [0, 0.1) is 0 Å². The molecule has 0 saturated heterocycles. The summed E-state index contributed by atoms with van der Waals surface area (Å²) in [5.41, 5.74) is 1.51. The van der Waals surface area contributed by atoms with Crippen LogP contribution in [0.2, 0.25) is 0 Å². The van der Waals surface area contributed by atoms with E-state index in [1.54, 1.807) is 11.8 Å². The van der Waals surface area contributed by atoms with E-state index in [4.69, 9.17) is 9.47 Å². The average Bonchev–Trinajstić information content (AvgIpc) is 3.17. The molecule has 1 heterocycles. The van der Waals surface area contributed by atoms with Gasteiger partial charge in [0.05, 0.1) is 11.1 Å². The van der Waals surface area contributed by atoms with Crippen molar-refractivity contribution in [3.63, 3.8) is 0 Å². The second kappa shape index (κ2) is 7.23. The highest BCUT2D eigenvalue weighted by atomic mass is 32.2. The van der Waals surface area contributed by atoms with Crippen LogP contribution in [0.1, 0.15) is 41.6 Å². The number of rotatable bonds is 4. The number of carbonyl (C=O) groups is 1. The van der Waals surface area contributed by atoms with Gasteiger partial charge >= 0.3 is 0 Å². The van der Waals surface area contributed by atoms with Gasteiger partial charge in [0.15, 0.2) is 11.5 Å². The molecule has 1 saturated carbocycles. The predicted octanol–water partition coefficient (Wildman–Crippen LogP) is 4.38. The van der Waals surface area contributed by atoms with Crippen molar-refractivity contribution in [1.29, 1.82) is 0 Å². The second-order valence-corrected chi connectivity index (χ2v) is 7.65. The van der Waals surface area contributed by atoms with Crippen LogP contribution in [-0.4, -0.2) is 25.4 Å². The molecule has 1 fully saturated rings. The minimum Gasteiger partial charge on any atom is -0.486 e. The molecule has 1 N–H and O–H groups in total. The number of benzene rings is 2. The molecule has 136 valence electrons. The molecule has 0 atom stereocenters. The molecule has 0 aromatic heterocycles. The zero-order valence-electron chi connectivity index (χ0n) is 14.9. The fourth-order valence-electron chi connectivity index (χ4n) is 3.92. The van der Waals surface area contributed by atoms with E-state index in [0.29, 0.717) is 13.2 Å². The molecular weight excluding hydrogens is 346 g/mol. The standard InChI is InChI=1S/C21H23NO3S/c1-26-19-7-3-2-6-16(19)20(23)22-21(10-4-5-11-21)15-8-9-17-18(14-15)25-13-12-24-17/h2-3,6-9,14H,4-5,10-13H2,1H3,(H,22,23). The second-order valence-electron chi connectivity index (χ2n) is 6.80. The number of fused-ring (bicyclic) bond motifs is 1. The number of ether oxygens (including phenoxy) is 2. The fourth-order valence-corrected chi connectivity index (χ4v) is 4.52. The van der Waals surface area contributed by atoms with Gasteiger partial charge in [0.2, 0.25) is 0 Å². The van der Waals surface area contributed by atoms with Crippen LogP contribution in [0.3, 0.4) is 0 Å². The third kappa shape index (κ3) is 3.16. The molecule has 2 aromatic rings. The molecule has 4 rings (SSSR count). The van der Waals surface area contributed by atoms with Crippen molar-refractivity contribution in [2.24, 2.45) is 0 Å². The Bertz CT molecular complexity index is 815. The zero-order chi connectivity index (χ0) is 18.0. The number of hydrogen-bond acceptors (Lipinski definition) is 4. The molecule has 26 heavy (non-hydrogen) atoms. The lowest BCUT2D eigenvalue weighted by molar-refractivity contribution is 0.0894. The molecule has 2 aromatic carbocycles. The molecule has 0 bridgehead atoms. The van der Waals surface area contributed by atoms with Crippen LogP contribution in [-0.2, 0) is 5.54 Å². The monoisotopic (exact) mass is 369 g/mol. The minimum atomic E-state index is -0.335. The molecule has 2 aliphatic rings. The molecule has 5 heteroatoms. The van der Waals surface area contributed by atoms with Crippen molar-refractivity contribution >= 4 is 17.7 Å². The molecule has 0 spiro atoms. The largest absolute Gasteiger partial charge is 0.486 e. The Balaban J connectivity index is 1.66. The average molecular weight is 369 g/mol.